The highest BCUT2D eigenvalue weighted by Crippen LogP contribution is 2.50. The molecule has 0 heteroatoms. The van der Waals surface area contributed by atoms with Gasteiger partial charge in [-0.05, 0) is 43.1 Å². The van der Waals surface area contributed by atoms with E-state index in [1.807, 2.05) is 0 Å². The van der Waals surface area contributed by atoms with Crippen molar-refractivity contribution in [1.82, 2.24) is 0 Å². The van der Waals surface area contributed by atoms with Crippen LogP contribution in [-0.4, -0.2) is 0 Å². The van der Waals surface area contributed by atoms with Crippen LogP contribution < -0.4 is 0 Å². The zero-order chi connectivity index (χ0) is 10.9. The van der Waals surface area contributed by atoms with Crippen LogP contribution in [-0.2, 0) is 0 Å². The fourth-order valence-corrected chi connectivity index (χ4v) is 3.38. The predicted molar refractivity (Wildman–Crippen MR) is 66.8 cm³/mol. The molecule has 15 heavy (non-hydrogen) atoms. The first kappa shape index (κ1) is 11.0. The molecule has 0 unspecified atom stereocenters. The van der Waals surface area contributed by atoms with Gasteiger partial charge in [-0.2, -0.15) is 0 Å². The van der Waals surface area contributed by atoms with Gasteiger partial charge in [-0.1, -0.05) is 50.8 Å². The lowest BCUT2D eigenvalue weighted by molar-refractivity contribution is 0.170. The maximum absolute atomic E-state index is 2.49. The molecule has 0 aromatic heterocycles. The molecule has 0 spiro atoms. The first-order valence-corrected chi connectivity index (χ1v) is 6.53. The van der Waals surface area contributed by atoms with E-state index in [0.717, 1.165) is 5.92 Å². The van der Waals surface area contributed by atoms with E-state index in [0.29, 0.717) is 5.41 Å². The second-order valence-electron chi connectivity index (χ2n) is 5.73. The van der Waals surface area contributed by atoms with E-state index in [1.165, 1.54) is 38.5 Å². The van der Waals surface area contributed by atoms with Gasteiger partial charge in [0.1, 0.15) is 0 Å². The Hall–Kier alpha value is -0.520. The van der Waals surface area contributed by atoms with Crippen LogP contribution in [0.1, 0.15) is 59.3 Å². The number of allylic oxidation sites excluding steroid dienone is 4. The minimum absolute atomic E-state index is 0.524. The Bertz CT molecular complexity index is 285. The third kappa shape index (κ3) is 1.91. The van der Waals surface area contributed by atoms with Gasteiger partial charge in [0.15, 0.2) is 0 Å². The molecule has 2 rings (SSSR count). The second-order valence-corrected chi connectivity index (χ2v) is 5.73. The lowest BCUT2D eigenvalue weighted by Gasteiger charge is -2.42. The van der Waals surface area contributed by atoms with Crippen molar-refractivity contribution in [3.8, 4) is 0 Å². The van der Waals surface area contributed by atoms with E-state index < -0.39 is 0 Å². The summed E-state index contributed by atoms with van der Waals surface area (Å²) in [6, 6.07) is 0. The average molecular weight is 204 g/mol. The van der Waals surface area contributed by atoms with E-state index >= 15 is 0 Å². The highest BCUT2D eigenvalue weighted by atomic mass is 14.4. The van der Waals surface area contributed by atoms with Gasteiger partial charge in [-0.25, -0.2) is 0 Å². The summed E-state index contributed by atoms with van der Waals surface area (Å²) < 4.78 is 0. The Morgan fingerprint density at radius 1 is 1.13 bits per heavy atom. The van der Waals surface area contributed by atoms with Gasteiger partial charge >= 0.3 is 0 Å². The van der Waals surface area contributed by atoms with Crippen LogP contribution in [0.4, 0.5) is 0 Å². The molecule has 2 aliphatic rings. The molecule has 0 atom stereocenters. The largest absolute Gasteiger partial charge is 0.0767 e. The zero-order valence-electron chi connectivity index (χ0n) is 10.5. The topological polar surface area (TPSA) is 0 Å². The highest BCUT2D eigenvalue weighted by molar-refractivity contribution is 5.37. The van der Waals surface area contributed by atoms with Crippen LogP contribution in [0.3, 0.4) is 0 Å². The van der Waals surface area contributed by atoms with Gasteiger partial charge in [-0.3, -0.25) is 0 Å². The molecule has 0 aromatic carbocycles. The molecule has 0 aromatic rings. The quantitative estimate of drug-likeness (QED) is 0.602. The average Bonchev–Trinajstić information content (AvgIpc) is 2.66. The van der Waals surface area contributed by atoms with Crippen LogP contribution in [0, 0.1) is 11.3 Å². The van der Waals surface area contributed by atoms with Gasteiger partial charge in [0, 0.05) is 0 Å². The van der Waals surface area contributed by atoms with Crippen molar-refractivity contribution in [1.29, 1.82) is 0 Å². The fraction of sp³-hybridized carbons (Fsp3) is 0.733. The molecule has 0 nitrogen and oxygen atoms in total. The molecule has 0 radical (unpaired) electrons. The molecule has 84 valence electrons. The summed E-state index contributed by atoms with van der Waals surface area (Å²) in [6.07, 6.45) is 13.3. The lowest BCUT2D eigenvalue weighted by Crippen LogP contribution is -2.31. The SMILES string of the molecule is CC1=CC(C2(C(C)C)CCCCC2)=CC1. The number of hydrogen-bond acceptors (Lipinski definition) is 0. The molecule has 0 aliphatic heterocycles. The molecule has 2 aliphatic carbocycles. The second kappa shape index (κ2) is 4.15. The summed E-state index contributed by atoms with van der Waals surface area (Å²) in [4.78, 5) is 0. The van der Waals surface area contributed by atoms with Gasteiger partial charge in [0.25, 0.3) is 0 Å². The minimum atomic E-state index is 0.524. The van der Waals surface area contributed by atoms with Crippen molar-refractivity contribution in [3.05, 3.63) is 23.3 Å². The van der Waals surface area contributed by atoms with Crippen LogP contribution in [0.25, 0.3) is 0 Å². The van der Waals surface area contributed by atoms with Crippen LogP contribution in [0.15, 0.2) is 23.3 Å². The molecule has 0 amide bonds. The molecule has 0 heterocycles. The molecule has 1 saturated carbocycles. The summed E-state index contributed by atoms with van der Waals surface area (Å²) >= 11 is 0. The van der Waals surface area contributed by atoms with Crippen molar-refractivity contribution in [2.45, 2.75) is 59.3 Å². The van der Waals surface area contributed by atoms with Crippen molar-refractivity contribution in [2.24, 2.45) is 11.3 Å². The molecule has 0 saturated heterocycles. The van der Waals surface area contributed by atoms with Crippen molar-refractivity contribution < 1.29 is 0 Å². The normalized spacial score (nSPS) is 25.3. The number of hydrogen-bond donors (Lipinski definition) is 0. The molecular formula is C15H24. The maximum atomic E-state index is 2.49. The zero-order valence-corrected chi connectivity index (χ0v) is 10.5. The summed E-state index contributed by atoms with van der Waals surface area (Å²) in [6.45, 7) is 7.08. The predicted octanol–water partition coefficient (Wildman–Crippen LogP) is 4.87. The van der Waals surface area contributed by atoms with Gasteiger partial charge < -0.3 is 0 Å². The Kier molecular flexibility index (Phi) is 3.04. The van der Waals surface area contributed by atoms with Crippen molar-refractivity contribution in [2.75, 3.05) is 0 Å². The highest BCUT2D eigenvalue weighted by Gasteiger charge is 2.38. The van der Waals surface area contributed by atoms with Crippen LogP contribution >= 0.6 is 0 Å². The molecule has 1 fully saturated rings. The van der Waals surface area contributed by atoms with Crippen LogP contribution in [0.5, 0.6) is 0 Å². The fourth-order valence-electron chi connectivity index (χ4n) is 3.38. The third-order valence-corrected chi connectivity index (χ3v) is 4.47. The summed E-state index contributed by atoms with van der Waals surface area (Å²) in [5.74, 6) is 0.797. The lowest BCUT2D eigenvalue weighted by atomic mass is 9.63. The first-order chi connectivity index (χ1) is 7.15. The minimum Gasteiger partial charge on any atom is -0.0767 e. The Morgan fingerprint density at radius 2 is 1.80 bits per heavy atom. The summed E-state index contributed by atoms with van der Waals surface area (Å²) in [5.41, 5.74) is 3.74. The maximum Gasteiger partial charge on any atom is -0.00271 e. The smallest absolute Gasteiger partial charge is 0.00271 e. The Labute approximate surface area is 94.5 Å². The Morgan fingerprint density at radius 3 is 2.27 bits per heavy atom. The summed E-state index contributed by atoms with van der Waals surface area (Å²) in [5, 5.41) is 0. The van der Waals surface area contributed by atoms with E-state index in [2.05, 4.69) is 32.9 Å². The summed E-state index contributed by atoms with van der Waals surface area (Å²) in [7, 11) is 0. The third-order valence-electron chi connectivity index (χ3n) is 4.47. The molecule has 0 N–H and O–H groups in total. The van der Waals surface area contributed by atoms with Crippen LogP contribution in [0.2, 0.25) is 0 Å². The number of rotatable bonds is 2. The van der Waals surface area contributed by atoms with E-state index in [9.17, 15) is 0 Å². The van der Waals surface area contributed by atoms with Crippen molar-refractivity contribution >= 4 is 0 Å². The van der Waals surface area contributed by atoms with Gasteiger partial charge in [0.2, 0.25) is 0 Å². The van der Waals surface area contributed by atoms with E-state index in [1.54, 1.807) is 11.1 Å². The molecular weight excluding hydrogens is 180 g/mol. The van der Waals surface area contributed by atoms with E-state index in [-0.39, 0.29) is 0 Å². The van der Waals surface area contributed by atoms with Gasteiger partial charge in [0.05, 0.1) is 0 Å². The van der Waals surface area contributed by atoms with Gasteiger partial charge in [-0.15, -0.1) is 0 Å². The van der Waals surface area contributed by atoms with Crippen molar-refractivity contribution in [3.63, 3.8) is 0 Å². The Balaban J connectivity index is 2.26. The molecule has 0 bridgehead atoms. The first-order valence-electron chi connectivity index (χ1n) is 6.53. The monoisotopic (exact) mass is 204 g/mol. The standard InChI is InChI=1S/C15H24/c1-12(2)15(9-5-4-6-10-15)14-8-7-13(3)11-14/h8,11-12H,4-7,9-10H2,1-3H3. The van der Waals surface area contributed by atoms with E-state index in [4.69, 9.17) is 0 Å².